The molecule has 1 atom stereocenters. The minimum atomic E-state index is -4.47. The summed E-state index contributed by atoms with van der Waals surface area (Å²) in [6.45, 7) is 7.64. The van der Waals surface area contributed by atoms with E-state index in [1.165, 1.54) is 6.07 Å². The number of hydrogen-bond acceptors (Lipinski definition) is 5. The first-order chi connectivity index (χ1) is 14.0. The Labute approximate surface area is 173 Å². The Balaban J connectivity index is 2.07. The molecule has 8 heteroatoms. The highest BCUT2D eigenvalue weighted by Crippen LogP contribution is 2.36. The largest absolute Gasteiger partial charge is 0.496 e. The molecular formula is C22H25F3N4O. The van der Waals surface area contributed by atoms with E-state index in [2.05, 4.69) is 29.1 Å². The Hall–Kier alpha value is -3.03. The summed E-state index contributed by atoms with van der Waals surface area (Å²) in [6.07, 6.45) is -4.47. The van der Waals surface area contributed by atoms with Gasteiger partial charge in [-0.05, 0) is 55.2 Å². The molecule has 1 aromatic heterocycles. The number of hydrogen-bond donors (Lipinski definition) is 2. The summed E-state index contributed by atoms with van der Waals surface area (Å²) in [5.74, 6) is 2.03. The number of halogens is 3. The van der Waals surface area contributed by atoms with Gasteiger partial charge >= 0.3 is 6.18 Å². The van der Waals surface area contributed by atoms with Crippen LogP contribution in [0.1, 0.15) is 55.2 Å². The van der Waals surface area contributed by atoms with Crippen molar-refractivity contribution >= 4 is 22.4 Å². The van der Waals surface area contributed by atoms with Crippen molar-refractivity contribution in [1.82, 2.24) is 9.97 Å². The number of methoxy groups -OCH3 is 1. The van der Waals surface area contributed by atoms with Gasteiger partial charge in [-0.3, -0.25) is 0 Å². The van der Waals surface area contributed by atoms with E-state index < -0.39 is 17.8 Å². The number of nitrogen functional groups attached to an aromatic ring is 1. The number of rotatable bonds is 5. The Morgan fingerprint density at radius 2 is 1.73 bits per heavy atom. The van der Waals surface area contributed by atoms with Crippen LogP contribution in [0.4, 0.5) is 24.7 Å². The van der Waals surface area contributed by atoms with Crippen LogP contribution in [0.15, 0.2) is 30.3 Å². The third kappa shape index (κ3) is 4.42. The highest BCUT2D eigenvalue weighted by Gasteiger charge is 2.31. The number of ether oxygens (including phenoxy) is 1. The zero-order valence-corrected chi connectivity index (χ0v) is 17.6. The Morgan fingerprint density at radius 3 is 2.33 bits per heavy atom. The van der Waals surface area contributed by atoms with E-state index in [4.69, 9.17) is 10.5 Å². The normalized spacial score (nSPS) is 13.0. The maximum absolute atomic E-state index is 13.2. The van der Waals surface area contributed by atoms with Crippen LogP contribution in [0.25, 0.3) is 10.9 Å². The smallest absolute Gasteiger partial charge is 0.416 e. The molecule has 0 saturated carbocycles. The number of nitrogens with one attached hydrogen (secondary N) is 1. The van der Waals surface area contributed by atoms with Crippen molar-refractivity contribution in [2.45, 2.75) is 45.8 Å². The van der Waals surface area contributed by atoms with E-state index in [1.807, 2.05) is 12.1 Å². The molecule has 0 bridgehead atoms. The maximum atomic E-state index is 13.2. The zero-order valence-electron chi connectivity index (χ0n) is 17.6. The van der Waals surface area contributed by atoms with E-state index in [9.17, 15) is 13.2 Å². The van der Waals surface area contributed by atoms with Gasteiger partial charge in [0.05, 0.1) is 24.2 Å². The summed E-state index contributed by atoms with van der Waals surface area (Å²) in [7, 11) is 1.61. The average Bonchev–Trinajstić information content (AvgIpc) is 2.65. The second-order valence-corrected chi connectivity index (χ2v) is 7.64. The minimum absolute atomic E-state index is 0.0593. The average molecular weight is 418 g/mol. The highest BCUT2D eigenvalue weighted by molar-refractivity contribution is 5.91. The first-order valence-electron chi connectivity index (χ1n) is 9.60. The van der Waals surface area contributed by atoms with Crippen molar-refractivity contribution in [2.24, 2.45) is 0 Å². The molecule has 2 aromatic carbocycles. The SMILES string of the molecule is COc1cc2nc(C)nc(N[C@H](C)c3cc(N)cc(C(F)(F)F)c3)c2cc1C(C)C. The summed E-state index contributed by atoms with van der Waals surface area (Å²) in [6, 6.07) is 6.93. The predicted molar refractivity (Wildman–Crippen MR) is 113 cm³/mol. The Morgan fingerprint density at radius 1 is 1.03 bits per heavy atom. The second-order valence-electron chi connectivity index (χ2n) is 7.64. The van der Waals surface area contributed by atoms with Crippen molar-refractivity contribution in [3.8, 4) is 5.75 Å². The lowest BCUT2D eigenvalue weighted by atomic mass is 9.99. The van der Waals surface area contributed by atoms with E-state index >= 15 is 0 Å². The fourth-order valence-electron chi connectivity index (χ4n) is 3.41. The molecule has 30 heavy (non-hydrogen) atoms. The quantitative estimate of drug-likeness (QED) is 0.509. The highest BCUT2D eigenvalue weighted by atomic mass is 19.4. The van der Waals surface area contributed by atoms with Crippen LogP contribution in [0.5, 0.6) is 5.75 Å². The molecule has 160 valence electrons. The summed E-state index contributed by atoms with van der Waals surface area (Å²) >= 11 is 0. The lowest BCUT2D eigenvalue weighted by molar-refractivity contribution is -0.137. The lowest BCUT2D eigenvalue weighted by Crippen LogP contribution is -2.13. The van der Waals surface area contributed by atoms with Gasteiger partial charge in [0.2, 0.25) is 0 Å². The van der Waals surface area contributed by atoms with Crippen LogP contribution < -0.4 is 15.8 Å². The topological polar surface area (TPSA) is 73.1 Å². The van der Waals surface area contributed by atoms with Crippen LogP contribution in [0, 0.1) is 6.92 Å². The molecule has 3 N–H and O–H groups in total. The molecule has 0 radical (unpaired) electrons. The van der Waals surface area contributed by atoms with Crippen LogP contribution in [-0.2, 0) is 6.18 Å². The second kappa shape index (κ2) is 8.01. The first-order valence-corrected chi connectivity index (χ1v) is 9.60. The fourth-order valence-corrected chi connectivity index (χ4v) is 3.41. The lowest BCUT2D eigenvalue weighted by Gasteiger charge is -2.20. The molecular weight excluding hydrogens is 393 g/mol. The van der Waals surface area contributed by atoms with Gasteiger partial charge < -0.3 is 15.8 Å². The van der Waals surface area contributed by atoms with Gasteiger partial charge in [0.1, 0.15) is 17.4 Å². The van der Waals surface area contributed by atoms with E-state index in [1.54, 1.807) is 21.0 Å². The number of aryl methyl sites for hydroxylation is 1. The molecule has 0 unspecified atom stereocenters. The minimum Gasteiger partial charge on any atom is -0.496 e. The molecule has 5 nitrogen and oxygen atoms in total. The van der Waals surface area contributed by atoms with Gasteiger partial charge in [-0.1, -0.05) is 13.8 Å². The number of nitrogens with zero attached hydrogens (tertiary/aromatic N) is 2. The van der Waals surface area contributed by atoms with Gasteiger partial charge in [-0.2, -0.15) is 13.2 Å². The monoisotopic (exact) mass is 418 g/mol. The standard InChI is InChI=1S/C22H25F3N4O/c1-11(2)17-9-18-19(10-20(17)30-5)28-13(4)29-21(18)27-12(3)14-6-15(22(23,24)25)8-16(26)7-14/h6-12H,26H2,1-5H3,(H,27,28,29)/t12-/m1/s1. The molecule has 3 rings (SSSR count). The van der Waals surface area contributed by atoms with Gasteiger partial charge in [0, 0.05) is 17.1 Å². The third-order valence-corrected chi connectivity index (χ3v) is 4.94. The molecule has 0 spiro atoms. The van der Waals surface area contributed by atoms with Gasteiger partial charge in [0.25, 0.3) is 0 Å². The summed E-state index contributed by atoms with van der Waals surface area (Å²) in [5.41, 5.74) is 7.12. The zero-order chi connectivity index (χ0) is 22.2. The van der Waals surface area contributed by atoms with Crippen molar-refractivity contribution in [3.05, 3.63) is 52.8 Å². The number of aromatic nitrogens is 2. The molecule has 0 amide bonds. The molecule has 3 aromatic rings. The number of fused-ring (bicyclic) bond motifs is 1. The molecule has 0 saturated heterocycles. The molecule has 0 fully saturated rings. The van der Waals surface area contributed by atoms with Crippen LogP contribution in [-0.4, -0.2) is 17.1 Å². The molecule has 1 heterocycles. The number of nitrogens with two attached hydrogens (primary N) is 1. The van der Waals surface area contributed by atoms with Crippen LogP contribution >= 0.6 is 0 Å². The number of alkyl halides is 3. The Kier molecular flexibility index (Phi) is 5.78. The molecule has 0 aliphatic heterocycles. The number of benzene rings is 2. The van der Waals surface area contributed by atoms with Crippen LogP contribution in [0.3, 0.4) is 0 Å². The predicted octanol–water partition coefficient (Wildman–Crippen LogP) is 5.84. The summed E-state index contributed by atoms with van der Waals surface area (Å²) in [5, 5.41) is 4.01. The van der Waals surface area contributed by atoms with Crippen molar-refractivity contribution in [1.29, 1.82) is 0 Å². The van der Waals surface area contributed by atoms with E-state index in [0.29, 0.717) is 22.7 Å². The van der Waals surface area contributed by atoms with Crippen molar-refractivity contribution in [2.75, 3.05) is 18.2 Å². The van der Waals surface area contributed by atoms with E-state index in [0.717, 1.165) is 28.8 Å². The maximum Gasteiger partial charge on any atom is 0.416 e. The summed E-state index contributed by atoms with van der Waals surface area (Å²) < 4.78 is 45.0. The molecule has 0 aliphatic rings. The van der Waals surface area contributed by atoms with Crippen LogP contribution in [0.2, 0.25) is 0 Å². The van der Waals surface area contributed by atoms with E-state index in [-0.39, 0.29) is 11.6 Å². The van der Waals surface area contributed by atoms with Crippen molar-refractivity contribution in [3.63, 3.8) is 0 Å². The van der Waals surface area contributed by atoms with Gasteiger partial charge in [-0.15, -0.1) is 0 Å². The van der Waals surface area contributed by atoms with Gasteiger partial charge in [0.15, 0.2) is 0 Å². The summed E-state index contributed by atoms with van der Waals surface area (Å²) in [4.78, 5) is 8.99. The fraction of sp³-hybridized carbons (Fsp3) is 0.364. The molecule has 0 aliphatic carbocycles. The van der Waals surface area contributed by atoms with Crippen molar-refractivity contribution < 1.29 is 17.9 Å². The first kappa shape index (κ1) is 21.7. The number of anilines is 2. The Bertz CT molecular complexity index is 1080. The third-order valence-electron chi connectivity index (χ3n) is 4.94. The van der Waals surface area contributed by atoms with Gasteiger partial charge in [-0.25, -0.2) is 9.97 Å².